The molecule has 1 rings (SSSR count). The molecule has 1 amide bonds. The number of hydrogen-bond donors (Lipinski definition) is 2. The largest absolute Gasteiger partial charge is 0.352 e. The lowest BCUT2D eigenvalue weighted by molar-refractivity contribution is -0.123. The van der Waals surface area contributed by atoms with Crippen LogP contribution < -0.4 is 10.6 Å². The van der Waals surface area contributed by atoms with E-state index >= 15 is 0 Å². The van der Waals surface area contributed by atoms with Gasteiger partial charge >= 0.3 is 0 Å². The molecule has 0 aromatic heterocycles. The van der Waals surface area contributed by atoms with E-state index in [0.29, 0.717) is 11.5 Å². The van der Waals surface area contributed by atoms with Crippen molar-refractivity contribution in [3.8, 4) is 0 Å². The van der Waals surface area contributed by atoms with Crippen LogP contribution >= 0.6 is 0 Å². The van der Waals surface area contributed by atoms with E-state index in [1.165, 1.54) is 25.7 Å². The minimum absolute atomic E-state index is 0.0853. The van der Waals surface area contributed by atoms with Gasteiger partial charge in [0.15, 0.2) is 0 Å². The minimum Gasteiger partial charge on any atom is -0.352 e. The first kappa shape index (κ1) is 15.5. The van der Waals surface area contributed by atoms with Crippen molar-refractivity contribution in [1.29, 1.82) is 0 Å². The highest BCUT2D eigenvalue weighted by Crippen LogP contribution is 2.35. The molecule has 3 nitrogen and oxygen atoms in total. The topological polar surface area (TPSA) is 41.1 Å². The summed E-state index contributed by atoms with van der Waals surface area (Å²) >= 11 is 0. The van der Waals surface area contributed by atoms with Gasteiger partial charge in [0.05, 0.1) is 6.04 Å². The second kappa shape index (κ2) is 6.55. The molecular formula is C15H30N2O. The van der Waals surface area contributed by atoms with Gasteiger partial charge in [-0.2, -0.15) is 0 Å². The van der Waals surface area contributed by atoms with E-state index in [1.807, 2.05) is 13.8 Å². The van der Waals surface area contributed by atoms with Crippen LogP contribution in [0.25, 0.3) is 0 Å². The zero-order valence-corrected chi connectivity index (χ0v) is 12.7. The average Bonchev–Trinajstić information content (AvgIpc) is 2.27. The van der Waals surface area contributed by atoms with Crippen LogP contribution in [0.15, 0.2) is 0 Å². The van der Waals surface area contributed by atoms with E-state index in [4.69, 9.17) is 0 Å². The lowest BCUT2D eigenvalue weighted by Crippen LogP contribution is -2.50. The van der Waals surface area contributed by atoms with Crippen LogP contribution in [0.5, 0.6) is 0 Å². The van der Waals surface area contributed by atoms with Crippen molar-refractivity contribution in [2.45, 2.75) is 84.8 Å². The van der Waals surface area contributed by atoms with Gasteiger partial charge in [-0.3, -0.25) is 4.79 Å². The monoisotopic (exact) mass is 254 g/mol. The highest BCUT2D eigenvalue weighted by molar-refractivity contribution is 5.81. The fourth-order valence-electron chi connectivity index (χ4n) is 2.74. The molecule has 0 bridgehead atoms. The maximum Gasteiger partial charge on any atom is 0.237 e. The molecule has 3 heteroatoms. The maximum atomic E-state index is 12.0. The smallest absolute Gasteiger partial charge is 0.237 e. The van der Waals surface area contributed by atoms with Gasteiger partial charge in [-0.05, 0) is 44.9 Å². The highest BCUT2D eigenvalue weighted by atomic mass is 16.2. The van der Waals surface area contributed by atoms with Gasteiger partial charge in [-0.25, -0.2) is 0 Å². The van der Waals surface area contributed by atoms with Crippen molar-refractivity contribution in [2.75, 3.05) is 0 Å². The molecule has 106 valence electrons. The first-order chi connectivity index (χ1) is 8.34. The summed E-state index contributed by atoms with van der Waals surface area (Å²) in [4.78, 5) is 12.0. The molecular weight excluding hydrogens is 224 g/mol. The predicted octanol–water partition coefficient (Wildman–Crippen LogP) is 2.85. The molecule has 0 aromatic carbocycles. The summed E-state index contributed by atoms with van der Waals surface area (Å²) in [6.45, 7) is 10.8. The minimum atomic E-state index is -0.0853. The summed E-state index contributed by atoms with van der Waals surface area (Å²) in [5.41, 5.74) is 0.419. The molecule has 1 fully saturated rings. The van der Waals surface area contributed by atoms with Crippen LogP contribution in [0.1, 0.15) is 66.7 Å². The molecule has 0 spiro atoms. The summed E-state index contributed by atoms with van der Waals surface area (Å²) in [6, 6.07) is 0.675. The third-order valence-corrected chi connectivity index (χ3v) is 4.09. The fourth-order valence-corrected chi connectivity index (χ4v) is 2.74. The summed E-state index contributed by atoms with van der Waals surface area (Å²) < 4.78 is 0. The molecule has 0 aromatic rings. The van der Waals surface area contributed by atoms with Crippen molar-refractivity contribution in [3.63, 3.8) is 0 Å². The van der Waals surface area contributed by atoms with Crippen molar-refractivity contribution >= 4 is 5.91 Å². The molecule has 1 aliphatic rings. The Morgan fingerprint density at radius 1 is 1.39 bits per heavy atom. The Hall–Kier alpha value is -0.570. The zero-order valence-electron chi connectivity index (χ0n) is 12.7. The van der Waals surface area contributed by atoms with Gasteiger partial charge in [0.2, 0.25) is 5.91 Å². The predicted molar refractivity (Wildman–Crippen MR) is 76.5 cm³/mol. The van der Waals surface area contributed by atoms with Crippen LogP contribution in [0, 0.1) is 5.41 Å². The normalized spacial score (nSPS) is 26.4. The van der Waals surface area contributed by atoms with E-state index in [0.717, 1.165) is 6.42 Å². The van der Waals surface area contributed by atoms with Crippen LogP contribution in [0.4, 0.5) is 0 Å². The van der Waals surface area contributed by atoms with Gasteiger partial charge in [-0.1, -0.05) is 27.2 Å². The van der Waals surface area contributed by atoms with Gasteiger partial charge in [0.25, 0.3) is 0 Å². The van der Waals surface area contributed by atoms with Crippen LogP contribution in [0.3, 0.4) is 0 Å². The van der Waals surface area contributed by atoms with Gasteiger partial charge in [-0.15, -0.1) is 0 Å². The van der Waals surface area contributed by atoms with E-state index < -0.39 is 0 Å². The summed E-state index contributed by atoms with van der Waals surface area (Å²) in [5, 5.41) is 6.53. The molecule has 1 aliphatic carbocycles. The Kier molecular flexibility index (Phi) is 5.64. The maximum absolute atomic E-state index is 12.0. The zero-order chi connectivity index (χ0) is 13.8. The number of nitrogens with one attached hydrogen (secondary N) is 2. The van der Waals surface area contributed by atoms with Crippen LogP contribution in [0.2, 0.25) is 0 Å². The Balaban J connectivity index is 2.39. The SMILES string of the molecule is CCC(C)NC(=O)C(C)NC1CCCC(C)(C)C1. The number of carbonyl (C=O) groups excluding carboxylic acids is 1. The Morgan fingerprint density at radius 2 is 2.06 bits per heavy atom. The van der Waals surface area contributed by atoms with Gasteiger partial charge in [0, 0.05) is 12.1 Å². The first-order valence-corrected chi connectivity index (χ1v) is 7.40. The van der Waals surface area contributed by atoms with E-state index in [2.05, 4.69) is 31.4 Å². The molecule has 0 aliphatic heterocycles. The third-order valence-electron chi connectivity index (χ3n) is 4.09. The number of carbonyl (C=O) groups is 1. The lowest BCUT2D eigenvalue weighted by Gasteiger charge is -2.36. The van der Waals surface area contributed by atoms with E-state index in [1.54, 1.807) is 0 Å². The molecule has 0 radical (unpaired) electrons. The molecule has 3 atom stereocenters. The summed E-state index contributed by atoms with van der Waals surface area (Å²) in [7, 11) is 0. The number of hydrogen-bond acceptors (Lipinski definition) is 2. The molecule has 18 heavy (non-hydrogen) atoms. The third kappa shape index (κ3) is 4.97. The number of rotatable bonds is 5. The highest BCUT2D eigenvalue weighted by Gasteiger charge is 2.29. The Bertz CT molecular complexity index is 276. The van der Waals surface area contributed by atoms with Gasteiger partial charge < -0.3 is 10.6 Å². The standard InChI is InChI=1S/C15H30N2O/c1-6-11(2)16-14(18)12(3)17-13-8-7-9-15(4,5)10-13/h11-13,17H,6-10H2,1-5H3,(H,16,18). The number of amides is 1. The molecule has 3 unspecified atom stereocenters. The molecule has 0 heterocycles. The van der Waals surface area contributed by atoms with Crippen molar-refractivity contribution in [1.82, 2.24) is 10.6 Å². The Morgan fingerprint density at radius 3 is 2.61 bits per heavy atom. The molecule has 1 saturated carbocycles. The van der Waals surface area contributed by atoms with Crippen molar-refractivity contribution in [3.05, 3.63) is 0 Å². The quantitative estimate of drug-likeness (QED) is 0.792. The average molecular weight is 254 g/mol. The van der Waals surface area contributed by atoms with E-state index in [-0.39, 0.29) is 18.0 Å². The fraction of sp³-hybridized carbons (Fsp3) is 0.933. The Labute approximate surface area is 112 Å². The van der Waals surface area contributed by atoms with Crippen LogP contribution in [-0.4, -0.2) is 24.0 Å². The lowest BCUT2D eigenvalue weighted by atomic mass is 9.75. The van der Waals surface area contributed by atoms with Crippen LogP contribution in [-0.2, 0) is 4.79 Å². The van der Waals surface area contributed by atoms with Crippen molar-refractivity contribution < 1.29 is 4.79 Å². The second-order valence-electron chi connectivity index (χ2n) is 6.66. The van der Waals surface area contributed by atoms with Gasteiger partial charge in [0.1, 0.15) is 0 Å². The molecule has 2 N–H and O–H groups in total. The second-order valence-corrected chi connectivity index (χ2v) is 6.66. The summed E-state index contributed by atoms with van der Waals surface area (Å²) in [5.74, 6) is 0.132. The van der Waals surface area contributed by atoms with E-state index in [9.17, 15) is 4.79 Å². The first-order valence-electron chi connectivity index (χ1n) is 7.40. The summed E-state index contributed by atoms with van der Waals surface area (Å²) in [6.07, 6.45) is 5.93. The molecule has 0 saturated heterocycles. The van der Waals surface area contributed by atoms with Crippen molar-refractivity contribution in [2.24, 2.45) is 5.41 Å².